The molecule has 2 N–H and O–H groups in total. The van der Waals surface area contributed by atoms with E-state index in [9.17, 15) is 14.0 Å². The Kier molecular flexibility index (Phi) is 8.53. The monoisotopic (exact) mass is 498 g/mol. The molecule has 2 amide bonds. The second-order valence-electron chi connectivity index (χ2n) is 8.46. The molecule has 4 nitrogen and oxygen atoms in total. The number of carbonyl (C=O) groups is 2. The first-order valence-corrected chi connectivity index (χ1v) is 12.6. The van der Waals surface area contributed by atoms with Crippen molar-refractivity contribution < 1.29 is 14.0 Å². The highest BCUT2D eigenvalue weighted by molar-refractivity contribution is 7.98. The standard InChI is InChI=1S/C30H27FN2O2S/c1-21-18-26(36-20-23-10-6-3-7-11-23)16-17-27(21)32-30(35)28(19-22-8-4-2-5-9-22)33-29(34)24-12-14-25(31)15-13-24/h2-18,28H,19-20H2,1H3,(H,32,35)(H,33,34). The van der Waals surface area contributed by atoms with Crippen LogP contribution >= 0.6 is 11.8 Å². The second kappa shape index (κ2) is 12.2. The summed E-state index contributed by atoms with van der Waals surface area (Å²) in [5.41, 5.74) is 4.08. The zero-order chi connectivity index (χ0) is 25.3. The Hall–Kier alpha value is -3.90. The van der Waals surface area contributed by atoms with E-state index >= 15 is 0 Å². The third-order valence-corrected chi connectivity index (χ3v) is 6.78. The van der Waals surface area contributed by atoms with Crippen LogP contribution in [0.1, 0.15) is 27.0 Å². The van der Waals surface area contributed by atoms with Crippen LogP contribution in [-0.4, -0.2) is 17.9 Å². The van der Waals surface area contributed by atoms with Gasteiger partial charge in [0.1, 0.15) is 11.9 Å². The average Bonchev–Trinajstić information content (AvgIpc) is 2.90. The average molecular weight is 499 g/mol. The van der Waals surface area contributed by atoms with Crippen LogP contribution in [0.5, 0.6) is 0 Å². The Labute approximate surface area is 215 Å². The molecule has 0 aliphatic heterocycles. The Morgan fingerprint density at radius 1 is 0.833 bits per heavy atom. The van der Waals surface area contributed by atoms with Crippen molar-refractivity contribution in [1.82, 2.24) is 5.32 Å². The molecule has 0 fully saturated rings. The molecule has 0 heterocycles. The summed E-state index contributed by atoms with van der Waals surface area (Å²) in [5, 5.41) is 5.79. The van der Waals surface area contributed by atoms with Gasteiger partial charge in [0.05, 0.1) is 0 Å². The predicted octanol–water partition coefficient (Wildman–Crippen LogP) is 6.41. The quantitative estimate of drug-likeness (QED) is 0.262. The van der Waals surface area contributed by atoms with Crippen molar-refractivity contribution in [3.63, 3.8) is 0 Å². The van der Waals surface area contributed by atoms with E-state index in [1.807, 2.05) is 73.7 Å². The molecule has 4 aromatic carbocycles. The van der Waals surface area contributed by atoms with Crippen LogP contribution in [-0.2, 0) is 17.0 Å². The van der Waals surface area contributed by atoms with Crippen LogP contribution in [0.4, 0.5) is 10.1 Å². The number of amides is 2. The SMILES string of the molecule is Cc1cc(SCc2ccccc2)ccc1NC(=O)C(Cc1ccccc1)NC(=O)c1ccc(F)cc1. The van der Waals surface area contributed by atoms with Gasteiger partial charge in [0.25, 0.3) is 5.91 Å². The number of anilines is 1. The Balaban J connectivity index is 1.46. The highest BCUT2D eigenvalue weighted by Crippen LogP contribution is 2.27. The lowest BCUT2D eigenvalue weighted by molar-refractivity contribution is -0.118. The molecule has 0 aliphatic carbocycles. The molecular formula is C30H27FN2O2S. The molecule has 0 radical (unpaired) electrons. The van der Waals surface area contributed by atoms with Crippen molar-refractivity contribution in [2.75, 3.05) is 5.32 Å². The lowest BCUT2D eigenvalue weighted by Gasteiger charge is -2.20. The molecule has 1 unspecified atom stereocenters. The fourth-order valence-electron chi connectivity index (χ4n) is 3.73. The molecule has 182 valence electrons. The summed E-state index contributed by atoms with van der Waals surface area (Å²) < 4.78 is 13.3. The number of aryl methyl sites for hydroxylation is 1. The molecule has 4 rings (SSSR count). The topological polar surface area (TPSA) is 58.2 Å². The van der Waals surface area contributed by atoms with E-state index in [0.717, 1.165) is 21.8 Å². The van der Waals surface area contributed by atoms with Crippen molar-refractivity contribution in [3.8, 4) is 0 Å². The summed E-state index contributed by atoms with van der Waals surface area (Å²) in [7, 11) is 0. The summed E-state index contributed by atoms with van der Waals surface area (Å²) in [6.07, 6.45) is 0.323. The fraction of sp³-hybridized carbons (Fsp3) is 0.133. The first-order valence-electron chi connectivity index (χ1n) is 11.7. The van der Waals surface area contributed by atoms with Gasteiger partial charge in [-0.1, -0.05) is 60.7 Å². The summed E-state index contributed by atoms with van der Waals surface area (Å²) >= 11 is 1.73. The van der Waals surface area contributed by atoms with Crippen LogP contribution in [0.2, 0.25) is 0 Å². The predicted molar refractivity (Wildman–Crippen MR) is 144 cm³/mol. The fourth-order valence-corrected chi connectivity index (χ4v) is 4.68. The van der Waals surface area contributed by atoms with E-state index in [0.29, 0.717) is 17.7 Å². The minimum absolute atomic E-state index is 0.290. The van der Waals surface area contributed by atoms with E-state index in [4.69, 9.17) is 0 Å². The van der Waals surface area contributed by atoms with Crippen LogP contribution in [0, 0.1) is 12.7 Å². The van der Waals surface area contributed by atoms with Crippen LogP contribution in [0.15, 0.2) is 108 Å². The van der Waals surface area contributed by atoms with Gasteiger partial charge in [0.2, 0.25) is 5.91 Å². The Bertz CT molecular complexity index is 1310. The van der Waals surface area contributed by atoms with Gasteiger partial charge in [-0.05, 0) is 66.1 Å². The highest BCUT2D eigenvalue weighted by Gasteiger charge is 2.23. The lowest BCUT2D eigenvalue weighted by Crippen LogP contribution is -2.45. The molecule has 0 aliphatic rings. The minimum atomic E-state index is -0.809. The molecule has 0 spiro atoms. The van der Waals surface area contributed by atoms with Crippen molar-refractivity contribution >= 4 is 29.3 Å². The minimum Gasteiger partial charge on any atom is -0.340 e. The van der Waals surface area contributed by atoms with Crippen molar-refractivity contribution in [3.05, 3.63) is 131 Å². The van der Waals surface area contributed by atoms with Gasteiger partial charge in [-0.2, -0.15) is 0 Å². The summed E-state index contributed by atoms with van der Waals surface area (Å²) in [6.45, 7) is 1.95. The van der Waals surface area contributed by atoms with Crippen molar-refractivity contribution in [2.45, 2.75) is 30.0 Å². The highest BCUT2D eigenvalue weighted by atomic mass is 32.2. The molecule has 1 atom stereocenters. The summed E-state index contributed by atoms with van der Waals surface area (Å²) in [4.78, 5) is 27.2. The molecule has 0 saturated carbocycles. The number of nitrogens with one attached hydrogen (secondary N) is 2. The third-order valence-electron chi connectivity index (χ3n) is 5.71. The smallest absolute Gasteiger partial charge is 0.251 e. The van der Waals surface area contributed by atoms with Gasteiger partial charge in [-0.3, -0.25) is 9.59 Å². The largest absolute Gasteiger partial charge is 0.340 e. The third kappa shape index (κ3) is 7.06. The van der Waals surface area contributed by atoms with E-state index in [2.05, 4.69) is 22.8 Å². The first kappa shape index (κ1) is 25.2. The van der Waals surface area contributed by atoms with Gasteiger partial charge in [-0.25, -0.2) is 4.39 Å². The molecule has 0 saturated heterocycles. The number of rotatable bonds is 9. The number of hydrogen-bond donors (Lipinski definition) is 2. The first-order chi connectivity index (χ1) is 17.5. The Morgan fingerprint density at radius 3 is 2.11 bits per heavy atom. The molecule has 36 heavy (non-hydrogen) atoms. The van der Waals surface area contributed by atoms with Gasteiger partial charge in [-0.15, -0.1) is 11.8 Å². The van der Waals surface area contributed by atoms with Gasteiger partial charge < -0.3 is 10.6 Å². The number of hydrogen-bond acceptors (Lipinski definition) is 3. The maximum Gasteiger partial charge on any atom is 0.251 e. The van der Waals surface area contributed by atoms with E-state index < -0.39 is 17.8 Å². The van der Waals surface area contributed by atoms with Crippen molar-refractivity contribution in [1.29, 1.82) is 0 Å². The molecule has 4 aromatic rings. The second-order valence-corrected chi connectivity index (χ2v) is 9.51. The normalized spacial score (nSPS) is 11.5. The molecule has 0 aromatic heterocycles. The zero-order valence-corrected chi connectivity index (χ0v) is 20.7. The number of halogens is 1. The van der Waals surface area contributed by atoms with Crippen LogP contribution in [0.25, 0.3) is 0 Å². The zero-order valence-electron chi connectivity index (χ0n) is 19.9. The van der Waals surface area contributed by atoms with Crippen LogP contribution in [0.3, 0.4) is 0 Å². The van der Waals surface area contributed by atoms with Gasteiger partial charge in [0, 0.05) is 28.3 Å². The number of carbonyl (C=O) groups excluding carboxylic acids is 2. The van der Waals surface area contributed by atoms with Crippen molar-refractivity contribution in [2.24, 2.45) is 0 Å². The molecule has 0 bridgehead atoms. The molecular weight excluding hydrogens is 471 g/mol. The number of benzene rings is 4. The maximum atomic E-state index is 13.3. The summed E-state index contributed by atoms with van der Waals surface area (Å²) in [6, 6.07) is 30.1. The van der Waals surface area contributed by atoms with E-state index in [1.54, 1.807) is 11.8 Å². The Morgan fingerprint density at radius 2 is 1.47 bits per heavy atom. The van der Waals surface area contributed by atoms with Crippen LogP contribution < -0.4 is 10.6 Å². The van der Waals surface area contributed by atoms with E-state index in [1.165, 1.54) is 29.8 Å². The van der Waals surface area contributed by atoms with Gasteiger partial charge >= 0.3 is 0 Å². The van der Waals surface area contributed by atoms with E-state index in [-0.39, 0.29) is 5.91 Å². The number of thioether (sulfide) groups is 1. The maximum absolute atomic E-state index is 13.3. The lowest BCUT2D eigenvalue weighted by atomic mass is 10.0. The van der Waals surface area contributed by atoms with Gasteiger partial charge in [0.15, 0.2) is 0 Å². The summed E-state index contributed by atoms with van der Waals surface area (Å²) in [5.74, 6) is -0.316. The molecule has 6 heteroatoms.